The minimum Gasteiger partial charge on any atom is -0.435 e. The van der Waals surface area contributed by atoms with Crippen molar-refractivity contribution in [2.24, 2.45) is 0 Å². The van der Waals surface area contributed by atoms with Gasteiger partial charge in [-0.05, 0) is 24.6 Å². The zero-order valence-corrected chi connectivity index (χ0v) is 5.97. The van der Waals surface area contributed by atoms with Crippen LogP contribution in [-0.2, 0) is 0 Å². The minimum atomic E-state index is -2.76. The Kier molecular flexibility index (Phi) is 2.41. The molecule has 0 fully saturated rings. The average Bonchev–Trinajstić information content (AvgIpc) is 1.93. The number of alkyl halides is 2. The Morgan fingerprint density at radius 1 is 1.55 bits per heavy atom. The second kappa shape index (κ2) is 3.32. The van der Waals surface area contributed by atoms with Gasteiger partial charge >= 0.3 is 6.61 Å². The standard InChI is InChI=1S/C8H7F2O/c1-6-4-2-3-5-7(6)11-8(9)10/h2-3,5,8H,1H3. The molecule has 0 spiro atoms. The maximum Gasteiger partial charge on any atom is 0.387 e. The van der Waals surface area contributed by atoms with Crippen LogP contribution in [0, 0.1) is 13.0 Å². The van der Waals surface area contributed by atoms with E-state index in [0.29, 0.717) is 5.56 Å². The molecule has 0 amide bonds. The van der Waals surface area contributed by atoms with Crippen molar-refractivity contribution in [2.45, 2.75) is 13.5 Å². The zero-order chi connectivity index (χ0) is 8.27. The van der Waals surface area contributed by atoms with Crippen LogP contribution in [0.4, 0.5) is 8.78 Å². The van der Waals surface area contributed by atoms with Crippen molar-refractivity contribution in [1.82, 2.24) is 0 Å². The van der Waals surface area contributed by atoms with Gasteiger partial charge in [-0.25, -0.2) is 0 Å². The van der Waals surface area contributed by atoms with E-state index in [-0.39, 0.29) is 5.75 Å². The first-order chi connectivity index (χ1) is 5.20. The third-order valence-electron chi connectivity index (χ3n) is 1.23. The fourth-order valence-electron chi connectivity index (χ4n) is 0.728. The summed E-state index contributed by atoms with van der Waals surface area (Å²) in [6.45, 7) is -1.10. The third kappa shape index (κ3) is 2.18. The summed E-state index contributed by atoms with van der Waals surface area (Å²) in [4.78, 5) is 0. The Labute approximate surface area is 63.6 Å². The number of rotatable bonds is 2. The Morgan fingerprint density at radius 3 is 2.82 bits per heavy atom. The number of hydrogen-bond acceptors (Lipinski definition) is 1. The van der Waals surface area contributed by atoms with Crippen LogP contribution in [-0.4, -0.2) is 6.61 Å². The number of hydrogen-bond donors (Lipinski definition) is 0. The highest BCUT2D eigenvalue weighted by atomic mass is 19.3. The van der Waals surface area contributed by atoms with Crippen molar-refractivity contribution >= 4 is 0 Å². The highest BCUT2D eigenvalue weighted by Gasteiger charge is 2.04. The Bertz CT molecular complexity index is 235. The lowest BCUT2D eigenvalue weighted by Gasteiger charge is -2.05. The van der Waals surface area contributed by atoms with Crippen LogP contribution in [0.15, 0.2) is 18.2 Å². The van der Waals surface area contributed by atoms with E-state index in [1.807, 2.05) is 0 Å². The van der Waals surface area contributed by atoms with Gasteiger partial charge in [-0.15, -0.1) is 0 Å². The summed E-state index contributed by atoms with van der Waals surface area (Å²) in [6, 6.07) is 7.48. The van der Waals surface area contributed by atoms with Gasteiger partial charge in [0, 0.05) is 0 Å². The van der Waals surface area contributed by atoms with Crippen LogP contribution in [0.25, 0.3) is 0 Å². The number of benzene rings is 1. The van der Waals surface area contributed by atoms with Crippen molar-refractivity contribution in [1.29, 1.82) is 0 Å². The molecule has 0 aromatic heterocycles. The summed E-state index contributed by atoms with van der Waals surface area (Å²) in [5.74, 6) is 0.183. The van der Waals surface area contributed by atoms with E-state index in [1.165, 1.54) is 6.07 Å². The van der Waals surface area contributed by atoms with Crippen LogP contribution in [0.3, 0.4) is 0 Å². The third-order valence-corrected chi connectivity index (χ3v) is 1.23. The predicted octanol–water partition coefficient (Wildman–Crippen LogP) is 2.40. The van der Waals surface area contributed by atoms with Crippen molar-refractivity contribution in [3.63, 3.8) is 0 Å². The first-order valence-electron chi connectivity index (χ1n) is 3.12. The van der Waals surface area contributed by atoms with Gasteiger partial charge in [0.15, 0.2) is 0 Å². The lowest BCUT2D eigenvalue weighted by atomic mass is 10.2. The highest BCUT2D eigenvalue weighted by molar-refractivity contribution is 5.30. The quantitative estimate of drug-likeness (QED) is 0.640. The van der Waals surface area contributed by atoms with E-state index in [2.05, 4.69) is 10.8 Å². The molecule has 59 valence electrons. The molecule has 1 rings (SSSR count). The van der Waals surface area contributed by atoms with Crippen LogP contribution in [0.2, 0.25) is 0 Å². The van der Waals surface area contributed by atoms with Crippen LogP contribution in [0.1, 0.15) is 5.56 Å². The molecule has 0 aliphatic carbocycles. The lowest BCUT2D eigenvalue weighted by molar-refractivity contribution is -0.0503. The van der Waals surface area contributed by atoms with E-state index in [0.717, 1.165) is 0 Å². The number of ether oxygens (including phenoxy) is 1. The van der Waals surface area contributed by atoms with Gasteiger partial charge in [-0.2, -0.15) is 8.78 Å². The van der Waals surface area contributed by atoms with Crippen molar-refractivity contribution in [3.05, 3.63) is 29.8 Å². The van der Waals surface area contributed by atoms with E-state index in [1.54, 1.807) is 19.1 Å². The van der Waals surface area contributed by atoms with Crippen molar-refractivity contribution in [3.8, 4) is 5.75 Å². The maximum absolute atomic E-state index is 11.7. The molecule has 0 heterocycles. The summed E-state index contributed by atoms with van der Waals surface area (Å²) in [5, 5.41) is 0. The van der Waals surface area contributed by atoms with Gasteiger partial charge in [0.25, 0.3) is 0 Å². The fourth-order valence-corrected chi connectivity index (χ4v) is 0.728. The molecule has 0 atom stereocenters. The second-order valence-corrected chi connectivity index (χ2v) is 2.04. The molecule has 1 nitrogen and oxygen atoms in total. The normalized spacial score (nSPS) is 10.2. The summed E-state index contributed by atoms with van der Waals surface area (Å²) < 4.78 is 27.5. The average molecular weight is 157 g/mol. The summed E-state index contributed by atoms with van der Waals surface area (Å²) in [7, 11) is 0. The molecule has 0 unspecified atom stereocenters. The summed E-state index contributed by atoms with van der Waals surface area (Å²) >= 11 is 0. The maximum atomic E-state index is 11.7. The lowest BCUT2D eigenvalue weighted by Crippen LogP contribution is -2.02. The molecule has 0 N–H and O–H groups in total. The minimum absolute atomic E-state index is 0.183. The largest absolute Gasteiger partial charge is 0.435 e. The summed E-state index contributed by atoms with van der Waals surface area (Å²) in [6.07, 6.45) is 0. The van der Waals surface area contributed by atoms with E-state index >= 15 is 0 Å². The van der Waals surface area contributed by atoms with E-state index in [4.69, 9.17) is 0 Å². The van der Waals surface area contributed by atoms with Gasteiger partial charge < -0.3 is 4.74 Å². The molecule has 3 heteroatoms. The van der Waals surface area contributed by atoms with Gasteiger partial charge in [-0.3, -0.25) is 0 Å². The van der Waals surface area contributed by atoms with Crippen LogP contribution in [0.5, 0.6) is 5.75 Å². The van der Waals surface area contributed by atoms with E-state index in [9.17, 15) is 8.78 Å². The molecular weight excluding hydrogens is 150 g/mol. The fraction of sp³-hybridized carbons (Fsp3) is 0.250. The first-order valence-corrected chi connectivity index (χ1v) is 3.12. The number of aryl methyl sites for hydroxylation is 1. The molecule has 0 saturated carbocycles. The zero-order valence-electron chi connectivity index (χ0n) is 5.97. The monoisotopic (exact) mass is 157 g/mol. The van der Waals surface area contributed by atoms with Gasteiger partial charge in [0.1, 0.15) is 5.75 Å². The van der Waals surface area contributed by atoms with E-state index < -0.39 is 6.61 Å². The van der Waals surface area contributed by atoms with Gasteiger partial charge in [-0.1, -0.05) is 12.1 Å². The van der Waals surface area contributed by atoms with Crippen LogP contribution >= 0.6 is 0 Å². The molecule has 1 aromatic rings. The predicted molar refractivity (Wildman–Crippen MR) is 36.6 cm³/mol. The topological polar surface area (TPSA) is 9.23 Å². The SMILES string of the molecule is Cc1[c]cccc1OC(F)F. The van der Waals surface area contributed by atoms with Crippen LogP contribution < -0.4 is 4.74 Å². The molecule has 0 bridgehead atoms. The summed E-state index contributed by atoms with van der Waals surface area (Å²) in [5.41, 5.74) is 0.591. The smallest absolute Gasteiger partial charge is 0.387 e. The molecule has 0 saturated heterocycles. The molecule has 1 aromatic carbocycles. The van der Waals surface area contributed by atoms with Crippen molar-refractivity contribution in [2.75, 3.05) is 0 Å². The molecule has 11 heavy (non-hydrogen) atoms. The number of halogens is 2. The van der Waals surface area contributed by atoms with Gasteiger partial charge in [0.2, 0.25) is 0 Å². The molecule has 0 aliphatic heterocycles. The Morgan fingerprint density at radius 2 is 2.27 bits per heavy atom. The first kappa shape index (κ1) is 7.98. The van der Waals surface area contributed by atoms with Crippen molar-refractivity contribution < 1.29 is 13.5 Å². The second-order valence-electron chi connectivity index (χ2n) is 2.04. The highest BCUT2D eigenvalue weighted by Crippen LogP contribution is 2.17. The molecule has 0 aliphatic rings. The van der Waals surface area contributed by atoms with Gasteiger partial charge in [0.05, 0.1) is 0 Å². The molecular formula is C8H7F2O. The Balaban J connectivity index is 2.78. The molecule has 1 radical (unpaired) electrons. The Hall–Kier alpha value is -1.12.